The minimum Gasteiger partial charge on any atom is -0.348 e. The molecule has 0 aliphatic rings. The van der Waals surface area contributed by atoms with Crippen LogP contribution in [-0.2, 0) is 6.54 Å². The maximum Gasteiger partial charge on any atom is 0.251 e. The van der Waals surface area contributed by atoms with E-state index in [2.05, 4.69) is 21.1 Å². The van der Waals surface area contributed by atoms with E-state index in [-0.39, 0.29) is 5.91 Å². The van der Waals surface area contributed by atoms with Crippen LogP contribution in [0.3, 0.4) is 0 Å². The van der Waals surface area contributed by atoms with Crippen LogP contribution >= 0.6 is 11.3 Å². The van der Waals surface area contributed by atoms with Gasteiger partial charge >= 0.3 is 0 Å². The number of thiophene rings is 1. The van der Waals surface area contributed by atoms with Gasteiger partial charge in [-0.15, -0.1) is 0 Å². The molecule has 2 rings (SSSR count). The molecule has 1 amide bonds. The van der Waals surface area contributed by atoms with Crippen molar-refractivity contribution < 1.29 is 4.79 Å². The summed E-state index contributed by atoms with van der Waals surface area (Å²) in [7, 11) is 0. The van der Waals surface area contributed by atoms with Gasteiger partial charge in [-0.25, -0.2) is 10.8 Å². The quantitative estimate of drug-likeness (QED) is 0.589. The first-order valence-corrected chi connectivity index (χ1v) is 6.79. The third-order valence-electron chi connectivity index (χ3n) is 2.76. The van der Waals surface area contributed by atoms with Crippen molar-refractivity contribution in [2.24, 2.45) is 5.84 Å². The average Bonchev–Trinajstić information content (AvgIpc) is 2.80. The summed E-state index contributed by atoms with van der Waals surface area (Å²) in [6.07, 6.45) is 0. The van der Waals surface area contributed by atoms with Gasteiger partial charge in [0.05, 0.1) is 0 Å². The predicted octanol–water partition coefficient (Wildman–Crippen LogP) is 1.98. The number of pyridine rings is 1. The van der Waals surface area contributed by atoms with Crippen LogP contribution in [0.25, 0.3) is 0 Å². The van der Waals surface area contributed by atoms with E-state index in [1.54, 1.807) is 23.5 Å². The van der Waals surface area contributed by atoms with Crippen LogP contribution < -0.4 is 16.6 Å². The minimum absolute atomic E-state index is 0.132. The van der Waals surface area contributed by atoms with Crippen LogP contribution in [0.4, 0.5) is 5.82 Å². The number of carbonyl (C=O) groups excluding carboxylic acids is 1. The fourth-order valence-electron chi connectivity index (χ4n) is 1.72. The molecule has 0 aromatic carbocycles. The molecular weight excluding hydrogens is 260 g/mol. The normalized spacial score (nSPS) is 10.3. The Morgan fingerprint density at radius 1 is 1.37 bits per heavy atom. The smallest absolute Gasteiger partial charge is 0.251 e. The molecule has 4 N–H and O–H groups in total. The van der Waals surface area contributed by atoms with Gasteiger partial charge in [-0.1, -0.05) is 0 Å². The summed E-state index contributed by atoms with van der Waals surface area (Å²) in [5, 5.41) is 7.00. The lowest BCUT2D eigenvalue weighted by Crippen LogP contribution is -2.23. The van der Waals surface area contributed by atoms with Gasteiger partial charge in [-0.3, -0.25) is 4.79 Å². The Bertz CT molecular complexity index is 594. The Kier molecular flexibility index (Phi) is 4.13. The number of nitrogen functional groups attached to an aromatic ring is 1. The Morgan fingerprint density at radius 2 is 2.16 bits per heavy atom. The molecule has 6 heteroatoms. The van der Waals surface area contributed by atoms with Gasteiger partial charge in [0.1, 0.15) is 5.82 Å². The maximum atomic E-state index is 12.1. The summed E-state index contributed by atoms with van der Waals surface area (Å²) in [6.45, 7) is 4.38. The molecule has 5 nitrogen and oxygen atoms in total. The number of rotatable bonds is 4. The van der Waals surface area contributed by atoms with Gasteiger partial charge in [-0.2, -0.15) is 11.3 Å². The van der Waals surface area contributed by atoms with Gasteiger partial charge in [0.25, 0.3) is 5.91 Å². The lowest BCUT2D eigenvalue weighted by atomic mass is 10.2. The average molecular weight is 276 g/mol. The molecule has 0 bridgehead atoms. The molecule has 2 aromatic rings. The highest BCUT2D eigenvalue weighted by Gasteiger charge is 2.09. The summed E-state index contributed by atoms with van der Waals surface area (Å²) < 4.78 is 0. The second kappa shape index (κ2) is 5.81. The molecule has 0 aliphatic carbocycles. The monoisotopic (exact) mass is 276 g/mol. The molecule has 0 spiro atoms. The topological polar surface area (TPSA) is 80.0 Å². The van der Waals surface area contributed by atoms with Crippen molar-refractivity contribution in [3.8, 4) is 0 Å². The summed E-state index contributed by atoms with van der Waals surface area (Å²) >= 11 is 1.63. The zero-order valence-corrected chi connectivity index (χ0v) is 11.7. The zero-order chi connectivity index (χ0) is 13.8. The molecule has 2 heterocycles. The van der Waals surface area contributed by atoms with Gasteiger partial charge in [0.2, 0.25) is 0 Å². The number of hydrogen-bond donors (Lipinski definition) is 3. The molecule has 2 aromatic heterocycles. The van der Waals surface area contributed by atoms with Crippen LogP contribution in [0.2, 0.25) is 0 Å². The number of aryl methyl sites for hydroxylation is 2. The van der Waals surface area contributed by atoms with Gasteiger partial charge in [0, 0.05) is 17.8 Å². The second-order valence-electron chi connectivity index (χ2n) is 4.29. The minimum atomic E-state index is -0.132. The third kappa shape index (κ3) is 3.30. The molecule has 19 heavy (non-hydrogen) atoms. The lowest BCUT2D eigenvalue weighted by molar-refractivity contribution is 0.0950. The predicted molar refractivity (Wildman–Crippen MR) is 77.0 cm³/mol. The lowest BCUT2D eigenvalue weighted by Gasteiger charge is -2.07. The van der Waals surface area contributed by atoms with E-state index in [4.69, 9.17) is 5.84 Å². The van der Waals surface area contributed by atoms with Crippen LogP contribution in [0, 0.1) is 13.8 Å². The molecule has 100 valence electrons. The second-order valence-corrected chi connectivity index (χ2v) is 5.03. The Hall–Kier alpha value is -1.92. The highest BCUT2D eigenvalue weighted by molar-refractivity contribution is 7.08. The van der Waals surface area contributed by atoms with Crippen molar-refractivity contribution in [2.75, 3.05) is 5.43 Å². The summed E-state index contributed by atoms with van der Waals surface area (Å²) in [4.78, 5) is 16.2. The molecule has 0 radical (unpaired) electrons. The fraction of sp³-hybridized carbons (Fsp3) is 0.231. The standard InChI is InChI=1S/C13H16N4OS/c1-8-6-19-7-11(8)5-15-13(18)10-3-9(2)16-12(4-10)17-14/h3-4,6-7H,5,14H2,1-2H3,(H,15,18)(H,16,17). The number of nitrogens with zero attached hydrogens (tertiary/aromatic N) is 1. The Balaban J connectivity index is 2.08. The number of nitrogens with two attached hydrogens (primary N) is 1. The molecule has 0 saturated heterocycles. The number of anilines is 1. The van der Waals surface area contributed by atoms with E-state index in [1.807, 2.05) is 19.2 Å². The number of nitrogens with one attached hydrogen (secondary N) is 2. The molecule has 0 aliphatic heterocycles. The van der Waals surface area contributed by atoms with E-state index in [0.29, 0.717) is 17.9 Å². The van der Waals surface area contributed by atoms with Gasteiger partial charge in [-0.05, 0) is 47.9 Å². The highest BCUT2D eigenvalue weighted by atomic mass is 32.1. The Morgan fingerprint density at radius 3 is 2.79 bits per heavy atom. The van der Waals surface area contributed by atoms with E-state index in [9.17, 15) is 4.79 Å². The van der Waals surface area contributed by atoms with Crippen molar-refractivity contribution in [1.29, 1.82) is 0 Å². The third-order valence-corrected chi connectivity index (χ3v) is 3.67. The highest BCUT2D eigenvalue weighted by Crippen LogP contribution is 2.14. The SMILES string of the molecule is Cc1cc(C(=O)NCc2cscc2C)cc(NN)n1. The first kappa shape index (κ1) is 13.5. The van der Waals surface area contributed by atoms with Crippen molar-refractivity contribution >= 4 is 23.1 Å². The number of amides is 1. The zero-order valence-electron chi connectivity index (χ0n) is 10.9. The van der Waals surface area contributed by atoms with Crippen molar-refractivity contribution in [2.45, 2.75) is 20.4 Å². The van der Waals surface area contributed by atoms with E-state index >= 15 is 0 Å². The summed E-state index contributed by atoms with van der Waals surface area (Å²) in [5.41, 5.74) is 6.08. The number of aromatic nitrogens is 1. The Labute approximate surface area is 115 Å². The fourth-order valence-corrected chi connectivity index (χ4v) is 2.58. The molecule has 0 saturated carbocycles. The largest absolute Gasteiger partial charge is 0.348 e. The first-order valence-electron chi connectivity index (χ1n) is 5.85. The van der Waals surface area contributed by atoms with Crippen LogP contribution in [0.5, 0.6) is 0 Å². The molecule has 0 atom stereocenters. The summed E-state index contributed by atoms with van der Waals surface area (Å²) in [5.74, 6) is 5.67. The van der Waals surface area contributed by atoms with Gasteiger partial charge < -0.3 is 10.7 Å². The van der Waals surface area contributed by atoms with Crippen molar-refractivity contribution in [1.82, 2.24) is 10.3 Å². The first-order chi connectivity index (χ1) is 9.10. The van der Waals surface area contributed by atoms with Gasteiger partial charge in [0.15, 0.2) is 0 Å². The maximum absolute atomic E-state index is 12.1. The van der Waals surface area contributed by atoms with Crippen LogP contribution in [0.1, 0.15) is 27.2 Å². The van der Waals surface area contributed by atoms with Crippen molar-refractivity contribution in [3.63, 3.8) is 0 Å². The van der Waals surface area contributed by atoms with E-state index in [0.717, 1.165) is 11.3 Å². The molecule has 0 fully saturated rings. The number of hydrogen-bond acceptors (Lipinski definition) is 5. The van der Waals surface area contributed by atoms with Crippen LogP contribution in [-0.4, -0.2) is 10.9 Å². The summed E-state index contributed by atoms with van der Waals surface area (Å²) in [6, 6.07) is 3.36. The van der Waals surface area contributed by atoms with Crippen molar-refractivity contribution in [3.05, 3.63) is 45.3 Å². The van der Waals surface area contributed by atoms with E-state index < -0.39 is 0 Å². The molecular formula is C13H16N4OS. The van der Waals surface area contributed by atoms with Crippen LogP contribution in [0.15, 0.2) is 22.9 Å². The molecule has 0 unspecified atom stereocenters. The number of carbonyl (C=O) groups is 1. The van der Waals surface area contributed by atoms with E-state index in [1.165, 1.54) is 5.56 Å². The number of hydrazine groups is 1.